The smallest absolute Gasteiger partial charge is 0.227 e. The van der Waals surface area contributed by atoms with Crippen LogP contribution in [0.15, 0.2) is 42.5 Å². The van der Waals surface area contributed by atoms with E-state index in [2.05, 4.69) is 24.4 Å². The van der Waals surface area contributed by atoms with Crippen molar-refractivity contribution in [2.45, 2.75) is 73.0 Å². The summed E-state index contributed by atoms with van der Waals surface area (Å²) in [6.45, 7) is 11.4. The number of carbonyl (C=O) groups is 2. The van der Waals surface area contributed by atoms with Crippen LogP contribution in [0.3, 0.4) is 0 Å². The van der Waals surface area contributed by atoms with Crippen LogP contribution < -0.4 is 11.1 Å². The molecule has 1 fully saturated rings. The van der Waals surface area contributed by atoms with E-state index in [1.54, 1.807) is 4.90 Å². The Morgan fingerprint density at radius 2 is 1.60 bits per heavy atom. The fourth-order valence-electron chi connectivity index (χ4n) is 6.74. The third kappa shape index (κ3) is 6.39. The van der Waals surface area contributed by atoms with Gasteiger partial charge in [0.2, 0.25) is 11.8 Å². The molecule has 4 N–H and O–H groups in total. The minimum Gasteiger partial charge on any atom is -0.391 e. The number of halogens is 2. The second kappa shape index (κ2) is 13.2. The van der Waals surface area contributed by atoms with Gasteiger partial charge < -0.3 is 21.1 Å². The Morgan fingerprint density at radius 1 is 1.00 bits per heavy atom. The Hall–Kier alpha value is -2.84. The molecule has 2 aromatic carbocycles. The second-order valence-electron chi connectivity index (χ2n) is 11.7. The molecule has 2 amide bonds. The molecule has 0 spiro atoms. The van der Waals surface area contributed by atoms with Gasteiger partial charge in [-0.25, -0.2) is 8.78 Å². The molecular formula is C32H45F2N3O3. The molecule has 220 valence electrons. The summed E-state index contributed by atoms with van der Waals surface area (Å²) in [6.07, 6.45) is 1.30. The van der Waals surface area contributed by atoms with Crippen LogP contribution in [0.2, 0.25) is 0 Å². The lowest BCUT2D eigenvalue weighted by Gasteiger charge is -2.33. The van der Waals surface area contributed by atoms with E-state index in [0.29, 0.717) is 25.2 Å². The zero-order valence-corrected chi connectivity index (χ0v) is 24.5. The van der Waals surface area contributed by atoms with E-state index in [-0.39, 0.29) is 18.9 Å². The van der Waals surface area contributed by atoms with E-state index >= 15 is 0 Å². The quantitative estimate of drug-likeness (QED) is 0.298. The minimum atomic E-state index is -1.39. The molecule has 0 heterocycles. The fraction of sp³-hybridized carbons (Fsp3) is 0.562. The highest BCUT2D eigenvalue weighted by atomic mass is 19.1. The van der Waals surface area contributed by atoms with E-state index < -0.39 is 46.3 Å². The molecule has 0 saturated heterocycles. The van der Waals surface area contributed by atoms with Crippen LogP contribution in [-0.4, -0.2) is 47.6 Å². The standard InChI is InChI=1S/C32H45F2N3O3/c1-6-12-37(13-7-2)29(39)28-31(4,5)32(28,30(35)40)26(17-23-15-24(33)18-25(34)16-23)27(38)20-36-19-22-11-9-10-21(8-3)14-22/h9-11,14-16,18,26-28,36,38H,6-8,12-13,17,19-20H2,1-5H3,(H2,35,40)/t26-,27+,28?,32?/m1/s1. The van der Waals surface area contributed by atoms with Crippen molar-refractivity contribution in [3.8, 4) is 0 Å². The number of aryl methyl sites for hydroxylation is 1. The summed E-state index contributed by atoms with van der Waals surface area (Å²) in [6, 6.07) is 11.3. The van der Waals surface area contributed by atoms with Crippen LogP contribution >= 0.6 is 0 Å². The highest BCUT2D eigenvalue weighted by Gasteiger charge is 2.81. The van der Waals surface area contributed by atoms with Gasteiger partial charge in [0.1, 0.15) is 11.6 Å². The maximum Gasteiger partial charge on any atom is 0.227 e. The van der Waals surface area contributed by atoms with Crippen molar-refractivity contribution in [3.05, 3.63) is 70.8 Å². The molecule has 1 aliphatic carbocycles. The monoisotopic (exact) mass is 557 g/mol. The maximum atomic E-state index is 14.2. The zero-order chi connectivity index (χ0) is 29.7. The number of carbonyl (C=O) groups excluding carboxylic acids is 2. The number of benzene rings is 2. The van der Waals surface area contributed by atoms with Gasteiger partial charge in [0.25, 0.3) is 0 Å². The van der Waals surface area contributed by atoms with Gasteiger partial charge in [-0.3, -0.25) is 9.59 Å². The van der Waals surface area contributed by atoms with Crippen molar-refractivity contribution in [1.29, 1.82) is 0 Å². The van der Waals surface area contributed by atoms with Crippen molar-refractivity contribution in [3.63, 3.8) is 0 Å². The Labute approximate surface area is 237 Å². The van der Waals surface area contributed by atoms with Gasteiger partial charge in [0.05, 0.1) is 17.4 Å². The number of aliphatic hydroxyl groups is 1. The van der Waals surface area contributed by atoms with E-state index in [1.165, 1.54) is 17.7 Å². The van der Waals surface area contributed by atoms with Crippen LogP contribution in [0.4, 0.5) is 8.78 Å². The van der Waals surface area contributed by atoms with Crippen molar-refractivity contribution in [1.82, 2.24) is 10.2 Å². The average Bonchev–Trinajstić information content (AvgIpc) is 3.42. The molecule has 0 bridgehead atoms. The summed E-state index contributed by atoms with van der Waals surface area (Å²) < 4.78 is 28.3. The van der Waals surface area contributed by atoms with Crippen LogP contribution in [0.5, 0.6) is 0 Å². The summed E-state index contributed by atoms with van der Waals surface area (Å²) in [5.74, 6) is -3.94. The van der Waals surface area contributed by atoms with E-state index in [4.69, 9.17) is 5.73 Å². The molecule has 4 atom stereocenters. The third-order valence-corrected chi connectivity index (χ3v) is 8.62. The first-order chi connectivity index (χ1) is 18.9. The van der Waals surface area contributed by atoms with Crippen molar-refractivity contribution >= 4 is 11.8 Å². The lowest BCUT2D eigenvalue weighted by Crippen LogP contribution is -2.47. The summed E-state index contributed by atoms with van der Waals surface area (Å²) in [5, 5.41) is 14.9. The second-order valence-corrected chi connectivity index (χ2v) is 11.7. The minimum absolute atomic E-state index is 0.0133. The molecule has 6 nitrogen and oxygen atoms in total. The number of nitrogens with two attached hydrogens (primary N) is 1. The van der Waals surface area contributed by atoms with Crippen molar-refractivity contribution < 1.29 is 23.5 Å². The maximum absolute atomic E-state index is 14.2. The molecule has 0 aliphatic heterocycles. The van der Waals surface area contributed by atoms with Gasteiger partial charge in [-0.1, -0.05) is 58.9 Å². The molecule has 0 aromatic heterocycles. The molecule has 40 heavy (non-hydrogen) atoms. The zero-order valence-electron chi connectivity index (χ0n) is 24.5. The van der Waals surface area contributed by atoms with Crippen molar-refractivity contribution in [2.75, 3.05) is 19.6 Å². The first-order valence-corrected chi connectivity index (χ1v) is 14.4. The average molecular weight is 558 g/mol. The molecule has 1 saturated carbocycles. The molecule has 3 rings (SSSR count). The fourth-order valence-corrected chi connectivity index (χ4v) is 6.74. The number of hydrogen-bond acceptors (Lipinski definition) is 4. The van der Waals surface area contributed by atoms with Crippen LogP contribution in [0.1, 0.15) is 64.2 Å². The Bertz CT molecular complexity index is 1160. The van der Waals surface area contributed by atoms with Crippen LogP contribution in [0.25, 0.3) is 0 Å². The molecule has 2 unspecified atom stereocenters. The molecular weight excluding hydrogens is 512 g/mol. The summed E-state index contributed by atoms with van der Waals surface area (Å²) in [4.78, 5) is 29.0. The molecule has 1 aliphatic rings. The van der Waals surface area contributed by atoms with Crippen LogP contribution in [-0.2, 0) is 29.0 Å². The van der Waals surface area contributed by atoms with Crippen molar-refractivity contribution in [2.24, 2.45) is 28.4 Å². The Morgan fingerprint density at radius 3 is 2.15 bits per heavy atom. The number of primary amides is 1. The number of nitrogens with one attached hydrogen (secondary N) is 1. The summed E-state index contributed by atoms with van der Waals surface area (Å²) in [5.41, 5.74) is 6.39. The molecule has 0 radical (unpaired) electrons. The highest BCUT2D eigenvalue weighted by Crippen LogP contribution is 2.73. The lowest BCUT2D eigenvalue weighted by atomic mass is 9.74. The Kier molecular flexibility index (Phi) is 10.5. The van der Waals surface area contributed by atoms with Gasteiger partial charge in [-0.05, 0) is 59.9 Å². The largest absolute Gasteiger partial charge is 0.391 e. The number of rotatable bonds is 15. The van der Waals surface area contributed by atoms with Gasteiger partial charge in [-0.15, -0.1) is 0 Å². The predicted molar refractivity (Wildman–Crippen MR) is 153 cm³/mol. The molecule has 2 aromatic rings. The number of aliphatic hydroxyl groups excluding tert-OH is 1. The van der Waals surface area contributed by atoms with E-state index in [9.17, 15) is 23.5 Å². The van der Waals surface area contributed by atoms with Gasteiger partial charge in [0, 0.05) is 38.2 Å². The number of amides is 2. The van der Waals surface area contributed by atoms with Gasteiger partial charge >= 0.3 is 0 Å². The number of hydrogen-bond donors (Lipinski definition) is 3. The third-order valence-electron chi connectivity index (χ3n) is 8.62. The van der Waals surface area contributed by atoms with Crippen LogP contribution in [0, 0.1) is 34.3 Å². The first kappa shape index (κ1) is 31.7. The lowest BCUT2D eigenvalue weighted by molar-refractivity contribution is -0.138. The topological polar surface area (TPSA) is 95.7 Å². The summed E-state index contributed by atoms with van der Waals surface area (Å²) in [7, 11) is 0. The summed E-state index contributed by atoms with van der Waals surface area (Å²) >= 11 is 0. The highest BCUT2D eigenvalue weighted by molar-refractivity contribution is 5.97. The first-order valence-electron chi connectivity index (χ1n) is 14.4. The molecule has 8 heteroatoms. The van der Waals surface area contributed by atoms with E-state index in [1.807, 2.05) is 39.8 Å². The SMILES string of the molecule is CCCN(CCC)C(=O)C1C(C)(C)C1(C(N)=O)[C@H](Cc1cc(F)cc(F)c1)[C@@H](O)CNCc1cccc(CC)c1. The number of nitrogens with zero attached hydrogens (tertiary/aromatic N) is 1. The normalized spacial score (nSPS) is 21.1. The van der Waals surface area contributed by atoms with Gasteiger partial charge in [0.15, 0.2) is 0 Å². The Balaban J connectivity index is 1.97. The van der Waals surface area contributed by atoms with E-state index in [0.717, 1.165) is 30.9 Å². The van der Waals surface area contributed by atoms with Gasteiger partial charge in [-0.2, -0.15) is 0 Å². The predicted octanol–water partition coefficient (Wildman–Crippen LogP) is 4.61.